The number of carbonyl (C=O) groups excluding carboxylic acids is 1. The van der Waals surface area contributed by atoms with Crippen LogP contribution in [-0.4, -0.2) is 49.4 Å². The highest BCUT2D eigenvalue weighted by Crippen LogP contribution is 2.19. The normalized spacial score (nSPS) is 13.2. The SMILES string of the molecule is CC/C=C\C/C=C\C/C=C\CCCCCCCCC(CCCCCCCC/C=C\C/C=C\CCCCC)N(C)C(=O)CCN(C)C. The third-order valence-corrected chi connectivity index (χ3v) is 8.89. The first-order chi connectivity index (χ1) is 22.5. The first-order valence-corrected chi connectivity index (χ1v) is 19.7. The fourth-order valence-corrected chi connectivity index (χ4v) is 5.77. The molecule has 3 nitrogen and oxygen atoms in total. The molecule has 0 aliphatic heterocycles. The zero-order chi connectivity index (χ0) is 33.8. The molecule has 0 aromatic heterocycles. The topological polar surface area (TPSA) is 23.6 Å². The van der Waals surface area contributed by atoms with Crippen molar-refractivity contribution in [3.8, 4) is 0 Å². The number of allylic oxidation sites excluding steroid dienone is 10. The Morgan fingerprint density at radius 1 is 0.500 bits per heavy atom. The van der Waals surface area contributed by atoms with Crippen LogP contribution >= 0.6 is 0 Å². The Kier molecular flexibility index (Phi) is 34.5. The Morgan fingerprint density at radius 3 is 1.33 bits per heavy atom. The molecule has 0 aliphatic rings. The number of hydrogen-bond donors (Lipinski definition) is 0. The molecule has 0 aromatic carbocycles. The van der Waals surface area contributed by atoms with E-state index in [0.29, 0.717) is 18.4 Å². The molecule has 0 aromatic rings. The van der Waals surface area contributed by atoms with Crippen molar-refractivity contribution >= 4 is 5.91 Å². The maximum absolute atomic E-state index is 12.9. The molecular weight excluding hydrogens is 560 g/mol. The Balaban J connectivity index is 4.11. The van der Waals surface area contributed by atoms with Crippen molar-refractivity contribution in [2.45, 2.75) is 180 Å². The molecule has 0 rings (SSSR count). The molecule has 1 unspecified atom stereocenters. The zero-order valence-corrected chi connectivity index (χ0v) is 31.5. The van der Waals surface area contributed by atoms with Gasteiger partial charge in [0.15, 0.2) is 0 Å². The van der Waals surface area contributed by atoms with Gasteiger partial charge in [0, 0.05) is 26.1 Å². The van der Waals surface area contributed by atoms with Crippen molar-refractivity contribution in [2.24, 2.45) is 0 Å². The second kappa shape index (κ2) is 36.0. The van der Waals surface area contributed by atoms with E-state index >= 15 is 0 Å². The van der Waals surface area contributed by atoms with Crippen LogP contribution in [0.1, 0.15) is 174 Å². The van der Waals surface area contributed by atoms with Crippen LogP contribution in [0.5, 0.6) is 0 Å². The van der Waals surface area contributed by atoms with Gasteiger partial charge in [-0.25, -0.2) is 0 Å². The van der Waals surface area contributed by atoms with E-state index in [4.69, 9.17) is 0 Å². The zero-order valence-electron chi connectivity index (χ0n) is 31.5. The second-order valence-electron chi connectivity index (χ2n) is 13.6. The van der Waals surface area contributed by atoms with Crippen molar-refractivity contribution < 1.29 is 4.79 Å². The summed E-state index contributed by atoms with van der Waals surface area (Å²) in [7, 11) is 6.17. The van der Waals surface area contributed by atoms with Crippen molar-refractivity contribution in [1.29, 1.82) is 0 Å². The van der Waals surface area contributed by atoms with E-state index in [1.807, 2.05) is 0 Å². The second-order valence-corrected chi connectivity index (χ2v) is 13.6. The summed E-state index contributed by atoms with van der Waals surface area (Å²) in [6.07, 6.45) is 53.7. The van der Waals surface area contributed by atoms with E-state index in [0.717, 1.165) is 45.1 Å². The summed E-state index contributed by atoms with van der Waals surface area (Å²) in [4.78, 5) is 17.1. The Hall–Kier alpha value is -1.87. The number of rotatable bonds is 33. The van der Waals surface area contributed by atoms with Crippen LogP contribution < -0.4 is 0 Å². The lowest BCUT2D eigenvalue weighted by atomic mass is 9.98. The molecule has 3 heteroatoms. The molecule has 0 aliphatic carbocycles. The quantitative estimate of drug-likeness (QED) is 0.0527. The number of amides is 1. The van der Waals surface area contributed by atoms with Crippen molar-refractivity contribution in [3.05, 3.63) is 60.8 Å². The van der Waals surface area contributed by atoms with E-state index in [2.05, 4.69) is 106 Å². The molecule has 0 saturated carbocycles. The monoisotopic (exact) mass is 639 g/mol. The fraction of sp³-hybridized carbons (Fsp3) is 0.744. The minimum Gasteiger partial charge on any atom is -0.343 e. The van der Waals surface area contributed by atoms with E-state index in [1.54, 1.807) is 0 Å². The summed E-state index contributed by atoms with van der Waals surface area (Å²) in [6.45, 7) is 5.28. The van der Waals surface area contributed by atoms with Gasteiger partial charge in [0.05, 0.1) is 0 Å². The van der Waals surface area contributed by atoms with Crippen molar-refractivity contribution in [3.63, 3.8) is 0 Å². The molecule has 266 valence electrons. The number of nitrogens with zero attached hydrogens (tertiary/aromatic N) is 2. The van der Waals surface area contributed by atoms with Crippen LogP contribution in [0.2, 0.25) is 0 Å². The summed E-state index contributed by atoms with van der Waals surface area (Å²) in [5.41, 5.74) is 0. The molecule has 0 N–H and O–H groups in total. The summed E-state index contributed by atoms with van der Waals surface area (Å²) in [6, 6.07) is 0.405. The number of carbonyl (C=O) groups is 1. The predicted octanol–water partition coefficient (Wildman–Crippen LogP) is 12.9. The molecular formula is C43H78N2O. The third kappa shape index (κ3) is 32.1. The smallest absolute Gasteiger partial charge is 0.223 e. The average molecular weight is 639 g/mol. The standard InChI is InChI=1S/C43H78N2O/c1-6-8-10-12-14-16-18-20-22-24-26-28-30-32-34-36-38-42(45(5)43(46)40-41-44(3)4)39-37-35-33-31-29-27-25-23-21-19-17-15-13-11-9-7-2/h8,10,14-17,20-23,42H,6-7,9,11-13,18-19,24-41H2,1-5H3/b10-8-,16-14-,17-15-,22-20-,23-21-. The molecule has 1 atom stereocenters. The van der Waals surface area contributed by atoms with Crippen molar-refractivity contribution in [1.82, 2.24) is 9.80 Å². The highest BCUT2D eigenvalue weighted by atomic mass is 16.2. The van der Waals surface area contributed by atoms with Gasteiger partial charge in [-0.3, -0.25) is 4.79 Å². The summed E-state index contributed by atoms with van der Waals surface area (Å²) >= 11 is 0. The van der Waals surface area contributed by atoms with Gasteiger partial charge < -0.3 is 9.80 Å². The van der Waals surface area contributed by atoms with E-state index < -0.39 is 0 Å². The van der Waals surface area contributed by atoms with Crippen molar-refractivity contribution in [2.75, 3.05) is 27.7 Å². The highest BCUT2D eigenvalue weighted by Gasteiger charge is 2.19. The van der Waals surface area contributed by atoms with Crippen LogP contribution in [0.4, 0.5) is 0 Å². The van der Waals surface area contributed by atoms with Gasteiger partial charge in [0.25, 0.3) is 0 Å². The van der Waals surface area contributed by atoms with Gasteiger partial charge in [-0.1, -0.05) is 152 Å². The van der Waals surface area contributed by atoms with E-state index in [9.17, 15) is 4.79 Å². The molecule has 0 heterocycles. The Labute approximate surface area is 288 Å². The molecule has 0 fully saturated rings. The highest BCUT2D eigenvalue weighted by molar-refractivity contribution is 5.76. The van der Waals surface area contributed by atoms with Crippen LogP contribution in [0.25, 0.3) is 0 Å². The first-order valence-electron chi connectivity index (χ1n) is 19.7. The van der Waals surface area contributed by atoms with E-state index in [1.165, 1.54) is 116 Å². The van der Waals surface area contributed by atoms with Crippen LogP contribution in [0.3, 0.4) is 0 Å². The maximum Gasteiger partial charge on any atom is 0.223 e. The van der Waals surface area contributed by atoms with Gasteiger partial charge in [0.2, 0.25) is 5.91 Å². The molecule has 0 saturated heterocycles. The Morgan fingerprint density at radius 2 is 0.891 bits per heavy atom. The Bertz CT molecular complexity index is 791. The molecule has 0 radical (unpaired) electrons. The van der Waals surface area contributed by atoms with Gasteiger partial charge in [-0.05, 0) is 91.1 Å². The van der Waals surface area contributed by atoms with E-state index in [-0.39, 0.29) is 0 Å². The van der Waals surface area contributed by atoms with Crippen LogP contribution in [0, 0.1) is 0 Å². The van der Waals surface area contributed by atoms with Gasteiger partial charge in [-0.2, -0.15) is 0 Å². The first kappa shape index (κ1) is 44.1. The summed E-state index contributed by atoms with van der Waals surface area (Å²) in [5, 5.41) is 0. The molecule has 46 heavy (non-hydrogen) atoms. The molecule has 1 amide bonds. The minimum absolute atomic E-state index is 0.315. The number of unbranched alkanes of at least 4 members (excludes halogenated alkanes) is 15. The largest absolute Gasteiger partial charge is 0.343 e. The lowest BCUT2D eigenvalue weighted by Gasteiger charge is -2.29. The molecule has 0 bridgehead atoms. The minimum atomic E-state index is 0.315. The maximum atomic E-state index is 12.9. The lowest BCUT2D eigenvalue weighted by molar-refractivity contribution is -0.132. The summed E-state index contributed by atoms with van der Waals surface area (Å²) in [5.74, 6) is 0.315. The fourth-order valence-electron chi connectivity index (χ4n) is 5.77. The number of hydrogen-bond acceptors (Lipinski definition) is 2. The molecule has 0 spiro atoms. The van der Waals surface area contributed by atoms with Crippen LogP contribution in [-0.2, 0) is 4.79 Å². The third-order valence-electron chi connectivity index (χ3n) is 8.89. The van der Waals surface area contributed by atoms with Gasteiger partial charge in [0.1, 0.15) is 0 Å². The van der Waals surface area contributed by atoms with Gasteiger partial charge >= 0.3 is 0 Å². The lowest BCUT2D eigenvalue weighted by Crippen LogP contribution is -2.38. The van der Waals surface area contributed by atoms with Gasteiger partial charge in [-0.15, -0.1) is 0 Å². The summed E-state index contributed by atoms with van der Waals surface area (Å²) < 4.78 is 0. The van der Waals surface area contributed by atoms with Crippen LogP contribution in [0.15, 0.2) is 60.8 Å². The average Bonchev–Trinajstić information content (AvgIpc) is 3.05. The predicted molar refractivity (Wildman–Crippen MR) is 208 cm³/mol.